The summed E-state index contributed by atoms with van der Waals surface area (Å²) in [5, 5.41) is 0. The van der Waals surface area contributed by atoms with E-state index in [0.717, 1.165) is 16.7 Å². The van der Waals surface area contributed by atoms with Gasteiger partial charge in [-0.3, -0.25) is 0 Å². The molecule has 2 aromatic carbocycles. The predicted molar refractivity (Wildman–Crippen MR) is 195 cm³/mol. The van der Waals surface area contributed by atoms with Gasteiger partial charge in [0.15, 0.2) is 18.0 Å². The average Bonchev–Trinajstić information content (AvgIpc) is 2.82. The summed E-state index contributed by atoms with van der Waals surface area (Å²) < 4.78 is 4.64. The zero-order valence-corrected chi connectivity index (χ0v) is 19.4. The number of carbonyl (C=O) groups excluding carboxylic acids is 1. The summed E-state index contributed by atoms with van der Waals surface area (Å²) in [7, 11) is 0. The number of aromatic nitrogens is 2. The van der Waals surface area contributed by atoms with Crippen LogP contribution in [-0.4, -0.2) is 23.0 Å². The Kier molecular flexibility index (Phi) is 101. The number of hydrogen-bond donors (Lipinski definition) is 0. The molecule has 6 nitrogen and oxygen atoms in total. The molecule has 0 spiro atoms. The summed E-state index contributed by atoms with van der Waals surface area (Å²) >= 11 is 0. The number of benzene rings is 2. The van der Waals surface area contributed by atoms with Crippen molar-refractivity contribution in [1.82, 2.24) is 9.97 Å². The van der Waals surface area contributed by atoms with Crippen molar-refractivity contribution in [2.75, 3.05) is 6.61 Å². The summed E-state index contributed by atoms with van der Waals surface area (Å²) in [6, 6.07) is 14.3. The minimum atomic E-state index is 0. The van der Waals surface area contributed by atoms with Crippen LogP contribution in [0.3, 0.4) is 0 Å². The normalized spacial score (nSPS) is 6.40. The Bertz CT molecular complexity index is 827. The molecule has 7 heteroatoms. The topological polar surface area (TPSA) is 70.5 Å². The molecular weight excluding hydrogens is 563 g/mol. The molecule has 3 rings (SSSR count). The van der Waals surface area contributed by atoms with Crippen LogP contribution in [0.2, 0.25) is 0 Å². The largest absolute Gasteiger partial charge is 0.610 e. The van der Waals surface area contributed by atoms with Crippen LogP contribution in [0, 0.1) is 0 Å². The number of rotatable bonds is 7. The van der Waals surface area contributed by atoms with Crippen LogP contribution < -0.4 is 9.62 Å². The fourth-order valence-electron chi connectivity index (χ4n) is 2.18. The van der Waals surface area contributed by atoms with E-state index in [1.165, 1.54) is 6.47 Å². The summed E-state index contributed by atoms with van der Waals surface area (Å²) in [6.45, 7) is 11.7. The van der Waals surface area contributed by atoms with Gasteiger partial charge in [0.1, 0.15) is 0 Å². The molecule has 0 unspecified atom stereocenters. The van der Waals surface area contributed by atoms with Crippen LogP contribution in [-0.2, 0) is 28.2 Å². The smallest absolute Gasteiger partial charge is 0.170 e. The molecule has 0 atom stereocenters. The van der Waals surface area contributed by atoms with Crippen LogP contribution in [0.15, 0.2) is 60.9 Å². The molecule has 1 heterocycles. The molecule has 0 bridgehead atoms. The van der Waals surface area contributed by atoms with E-state index >= 15 is 0 Å². The molecule has 0 aliphatic carbocycles. The van der Waals surface area contributed by atoms with Gasteiger partial charge in [0.05, 0.1) is 6.61 Å². The number of nitrogens with zero attached hydrogens (tertiary/aromatic N) is 2. The molecule has 42 heavy (non-hydrogen) atoms. The fraction of sp³-hybridized carbons (Fsp3) is 0.514. The molecule has 0 saturated heterocycles. The minimum Gasteiger partial charge on any atom is -0.610 e. The predicted octanol–water partition coefficient (Wildman–Crippen LogP) is 13.3. The van der Waals surface area contributed by atoms with Crippen molar-refractivity contribution in [1.29, 1.82) is 0 Å². The summed E-state index contributed by atoms with van der Waals surface area (Å²) in [5.74, 6) is 1.64. The van der Waals surface area contributed by atoms with Gasteiger partial charge in [0, 0.05) is 42.1 Å². The molecule has 3 aromatic rings. The molecule has 0 saturated carbocycles. The Labute approximate surface area is 278 Å². The third kappa shape index (κ3) is 27.5. The van der Waals surface area contributed by atoms with Gasteiger partial charge in [-0.05, 0) is 30.4 Å². The van der Waals surface area contributed by atoms with E-state index in [-0.39, 0.29) is 108 Å². The first-order chi connectivity index (χ1) is 14.3. The van der Waals surface area contributed by atoms with Crippen molar-refractivity contribution in [3.8, 4) is 34.0 Å². The van der Waals surface area contributed by atoms with Gasteiger partial charge in [0.2, 0.25) is 0 Å². The monoisotopic (exact) mass is 639 g/mol. The second kappa shape index (κ2) is 51.1. The Balaban J connectivity index is -0.0000000432. The molecule has 0 aliphatic rings. The van der Waals surface area contributed by atoms with Crippen molar-refractivity contribution >= 4 is 6.47 Å². The first kappa shape index (κ1) is 83.3. The van der Waals surface area contributed by atoms with Crippen LogP contribution >= 0.6 is 0 Å². The number of ether oxygens (including phenoxy) is 1. The summed E-state index contributed by atoms with van der Waals surface area (Å²) in [5.41, 5.74) is 2.69. The zero-order chi connectivity index (χ0) is 21.5. The van der Waals surface area contributed by atoms with Crippen molar-refractivity contribution in [3.63, 3.8) is 0 Å². The average molecular weight is 639 g/mol. The maximum atomic E-state index is 10.2. The minimum absolute atomic E-state index is 0. The standard InChI is InChI=1S/C19H15N2O4.2C2H6.12CH4.V/c1-2-24-25-18-9-3-14(4-10-18)16-11-20-19(21-12-16)15-5-7-17(8-6-15)23-13-22;2*1-2;;;;;;;;;;;;;/h3-12H,2H2,1H3;2*1-2H3;12*1H4;/q-1;;;;;;;;;;;;;;;. The van der Waals surface area contributed by atoms with E-state index in [4.69, 9.17) is 9.78 Å². The zero-order valence-electron chi connectivity index (χ0n) is 18.0. The SMILES string of the molecule is C.C.C.C.C.C.C.C.C.C.C.C.CC.CC.CCOOc1ccc(-c2cnc(-c3ccc(O[C-]=O)cc3)nc2)cc1.[V]. The van der Waals surface area contributed by atoms with Crippen molar-refractivity contribution in [2.45, 2.75) is 124 Å². The maximum absolute atomic E-state index is 10.2. The van der Waals surface area contributed by atoms with E-state index in [9.17, 15) is 4.79 Å². The molecule has 1 radical (unpaired) electrons. The Morgan fingerprint density at radius 1 is 0.571 bits per heavy atom. The molecule has 1 aromatic heterocycles. The van der Waals surface area contributed by atoms with Crippen LogP contribution in [0.4, 0.5) is 0 Å². The first-order valence-corrected chi connectivity index (χ1v) is 9.66. The molecule has 0 fully saturated rings. The van der Waals surface area contributed by atoms with Gasteiger partial charge in [0.25, 0.3) is 0 Å². The van der Waals surface area contributed by atoms with Crippen molar-refractivity contribution in [3.05, 3.63) is 60.9 Å². The second-order valence-corrected chi connectivity index (χ2v) is 5.02. The molecule has 0 amide bonds. The molecule has 0 N–H and O–H groups in total. The van der Waals surface area contributed by atoms with Gasteiger partial charge in [-0.25, -0.2) is 9.97 Å². The third-order valence-corrected chi connectivity index (χ3v) is 3.38. The maximum Gasteiger partial charge on any atom is 0.170 e. The van der Waals surface area contributed by atoms with Gasteiger partial charge in [-0.15, -0.1) is 12.1 Å². The van der Waals surface area contributed by atoms with Gasteiger partial charge in [-0.2, -0.15) is 4.89 Å². The Morgan fingerprint density at radius 3 is 1.29 bits per heavy atom. The van der Waals surface area contributed by atoms with Crippen molar-refractivity contribution in [2.24, 2.45) is 0 Å². The third-order valence-electron chi connectivity index (χ3n) is 3.38. The van der Waals surface area contributed by atoms with E-state index in [1.54, 1.807) is 36.7 Å². The molecule has 255 valence electrons. The van der Waals surface area contributed by atoms with Crippen LogP contribution in [0.25, 0.3) is 22.5 Å². The van der Waals surface area contributed by atoms with Gasteiger partial charge >= 0.3 is 0 Å². The van der Waals surface area contributed by atoms with Gasteiger partial charge in [-0.1, -0.05) is 141 Å². The van der Waals surface area contributed by atoms with E-state index in [2.05, 4.69) is 14.7 Å². The first-order valence-electron chi connectivity index (χ1n) is 9.66. The molecular formula is C35H75N2O4V-. The fourth-order valence-corrected chi connectivity index (χ4v) is 2.18. The molecule has 0 aliphatic heterocycles. The van der Waals surface area contributed by atoms with E-state index < -0.39 is 0 Å². The summed E-state index contributed by atoms with van der Waals surface area (Å²) in [6.07, 6.45) is 3.51. The van der Waals surface area contributed by atoms with E-state index in [1.807, 2.05) is 58.9 Å². The van der Waals surface area contributed by atoms with Gasteiger partial charge < -0.3 is 14.4 Å². The number of hydrogen-bond acceptors (Lipinski definition) is 6. The Hall–Kier alpha value is -2.67. The van der Waals surface area contributed by atoms with Crippen LogP contribution in [0.1, 0.15) is 124 Å². The van der Waals surface area contributed by atoms with E-state index in [0.29, 0.717) is 23.9 Å². The quantitative estimate of drug-likeness (QED) is 0.146. The summed E-state index contributed by atoms with van der Waals surface area (Å²) in [4.78, 5) is 28.9. The Morgan fingerprint density at radius 2 is 0.929 bits per heavy atom. The second-order valence-electron chi connectivity index (χ2n) is 5.02. The van der Waals surface area contributed by atoms with Crippen LogP contribution in [0.5, 0.6) is 11.5 Å². The van der Waals surface area contributed by atoms with Crippen molar-refractivity contribution < 1.29 is 37.9 Å².